The Morgan fingerprint density at radius 3 is 2.76 bits per heavy atom. The van der Waals surface area contributed by atoms with Crippen LogP contribution in [0.3, 0.4) is 0 Å². The van der Waals surface area contributed by atoms with Crippen molar-refractivity contribution in [1.82, 2.24) is 0 Å². The van der Waals surface area contributed by atoms with E-state index >= 15 is 0 Å². The van der Waals surface area contributed by atoms with Crippen LogP contribution in [0.5, 0.6) is 0 Å². The Morgan fingerprint density at radius 1 is 1.29 bits per heavy atom. The van der Waals surface area contributed by atoms with E-state index in [0.29, 0.717) is 6.04 Å². The molecule has 2 aliphatic heterocycles. The Kier molecular flexibility index (Phi) is 4.87. The normalized spacial score (nSPS) is 25.0. The molecule has 21 heavy (non-hydrogen) atoms. The lowest BCUT2D eigenvalue weighted by atomic mass is 9.85. The van der Waals surface area contributed by atoms with Gasteiger partial charge in [0.1, 0.15) is 0 Å². The first-order valence-corrected chi connectivity index (χ1v) is 9.78. The first-order chi connectivity index (χ1) is 10.1. The average Bonchev–Trinajstić information content (AvgIpc) is 2.44. The number of halogens is 1. The number of hydrogen-bond donors (Lipinski definition) is 1. The minimum Gasteiger partial charge on any atom is -0.381 e. The maximum Gasteiger partial charge on any atom is 0.0717 e. The second-order valence-electron chi connectivity index (χ2n) is 6.42. The van der Waals surface area contributed by atoms with Crippen molar-refractivity contribution in [1.29, 1.82) is 0 Å². The third-order valence-corrected chi connectivity index (χ3v) is 6.29. The molecule has 2 nitrogen and oxygen atoms in total. The summed E-state index contributed by atoms with van der Waals surface area (Å²) in [7, 11) is 0. The average molecular weight is 370 g/mol. The minimum atomic E-state index is 0.145. The third kappa shape index (κ3) is 3.59. The highest BCUT2D eigenvalue weighted by molar-refractivity contribution is 9.10. The Bertz CT molecular complexity index is 485. The molecule has 0 saturated carbocycles. The first-order valence-electron chi connectivity index (χ1n) is 7.83. The van der Waals surface area contributed by atoms with Crippen molar-refractivity contribution < 1.29 is 4.74 Å². The standard InChI is InChI=1S/C17H24BrNOS/c1-12-9-13(2)16(15(18)10-12)19-14-3-6-20-17(11-14)4-7-21-8-5-17/h9-10,14,19H,3-8,11H2,1-2H3. The van der Waals surface area contributed by atoms with Crippen molar-refractivity contribution in [2.24, 2.45) is 0 Å². The second kappa shape index (κ2) is 6.51. The molecular weight excluding hydrogens is 346 g/mol. The maximum atomic E-state index is 6.19. The molecule has 3 rings (SSSR count). The van der Waals surface area contributed by atoms with E-state index in [4.69, 9.17) is 4.74 Å². The molecule has 1 unspecified atom stereocenters. The Labute approximate surface area is 140 Å². The van der Waals surface area contributed by atoms with Crippen LogP contribution in [0.4, 0.5) is 5.69 Å². The van der Waals surface area contributed by atoms with E-state index in [-0.39, 0.29) is 5.60 Å². The van der Waals surface area contributed by atoms with Crippen molar-refractivity contribution in [3.8, 4) is 0 Å². The molecule has 0 bridgehead atoms. The summed E-state index contributed by atoms with van der Waals surface area (Å²) in [4.78, 5) is 0. The minimum absolute atomic E-state index is 0.145. The molecule has 2 aliphatic rings. The zero-order valence-corrected chi connectivity index (χ0v) is 15.3. The molecule has 2 saturated heterocycles. The molecular formula is C17H24BrNOS. The van der Waals surface area contributed by atoms with Crippen molar-refractivity contribution in [3.05, 3.63) is 27.7 Å². The molecule has 0 aromatic heterocycles. The maximum absolute atomic E-state index is 6.19. The highest BCUT2D eigenvalue weighted by Gasteiger charge is 2.38. The molecule has 1 spiro atoms. The smallest absolute Gasteiger partial charge is 0.0717 e. The molecule has 0 radical (unpaired) electrons. The van der Waals surface area contributed by atoms with Gasteiger partial charge in [0.15, 0.2) is 0 Å². The molecule has 1 aromatic carbocycles. The molecule has 0 aliphatic carbocycles. The number of anilines is 1. The summed E-state index contributed by atoms with van der Waals surface area (Å²) in [5, 5.41) is 3.78. The third-order valence-electron chi connectivity index (χ3n) is 4.68. The highest BCUT2D eigenvalue weighted by Crippen LogP contribution is 2.39. The summed E-state index contributed by atoms with van der Waals surface area (Å²) in [6, 6.07) is 4.97. The number of hydrogen-bond acceptors (Lipinski definition) is 3. The number of nitrogens with one attached hydrogen (secondary N) is 1. The zero-order chi connectivity index (χ0) is 14.9. The van der Waals surface area contributed by atoms with E-state index in [1.54, 1.807) is 0 Å². The van der Waals surface area contributed by atoms with Gasteiger partial charge in [0, 0.05) is 17.1 Å². The van der Waals surface area contributed by atoms with Gasteiger partial charge in [-0.2, -0.15) is 11.8 Å². The largest absolute Gasteiger partial charge is 0.381 e. The monoisotopic (exact) mass is 369 g/mol. The predicted molar refractivity (Wildman–Crippen MR) is 95.5 cm³/mol. The molecule has 116 valence electrons. The van der Waals surface area contributed by atoms with E-state index in [9.17, 15) is 0 Å². The molecule has 2 heterocycles. The van der Waals surface area contributed by atoms with Gasteiger partial charge in [-0.15, -0.1) is 0 Å². The SMILES string of the molecule is Cc1cc(C)c(NC2CCOC3(CCSCC3)C2)c(Br)c1. The fraction of sp³-hybridized carbons (Fsp3) is 0.647. The van der Waals surface area contributed by atoms with Gasteiger partial charge in [-0.05, 0) is 84.2 Å². The van der Waals surface area contributed by atoms with Gasteiger partial charge in [-0.25, -0.2) is 0 Å². The van der Waals surface area contributed by atoms with Gasteiger partial charge < -0.3 is 10.1 Å². The molecule has 0 amide bonds. The van der Waals surface area contributed by atoms with Crippen molar-refractivity contribution >= 4 is 33.4 Å². The van der Waals surface area contributed by atoms with E-state index in [2.05, 4.69) is 59.0 Å². The van der Waals surface area contributed by atoms with E-state index in [0.717, 1.165) is 19.4 Å². The van der Waals surface area contributed by atoms with Crippen LogP contribution in [0.15, 0.2) is 16.6 Å². The molecule has 1 aromatic rings. The van der Waals surface area contributed by atoms with Gasteiger partial charge in [0.2, 0.25) is 0 Å². The Hall–Kier alpha value is -0.190. The summed E-state index contributed by atoms with van der Waals surface area (Å²) < 4.78 is 7.37. The molecule has 1 N–H and O–H groups in total. The van der Waals surface area contributed by atoms with E-state index in [1.165, 1.54) is 45.6 Å². The fourth-order valence-corrected chi connectivity index (χ4v) is 5.57. The summed E-state index contributed by atoms with van der Waals surface area (Å²) in [6.07, 6.45) is 4.68. The quantitative estimate of drug-likeness (QED) is 0.798. The lowest BCUT2D eigenvalue weighted by Crippen LogP contribution is -2.46. The molecule has 2 fully saturated rings. The van der Waals surface area contributed by atoms with Crippen LogP contribution in [-0.2, 0) is 4.74 Å². The van der Waals surface area contributed by atoms with Gasteiger partial charge in [0.25, 0.3) is 0 Å². The number of thioether (sulfide) groups is 1. The fourth-order valence-electron chi connectivity index (χ4n) is 3.55. The van der Waals surface area contributed by atoms with Gasteiger partial charge in [0.05, 0.1) is 11.3 Å². The van der Waals surface area contributed by atoms with Crippen LogP contribution in [0.1, 0.15) is 36.8 Å². The van der Waals surface area contributed by atoms with Gasteiger partial charge in [-0.3, -0.25) is 0 Å². The number of benzene rings is 1. The predicted octanol–water partition coefficient (Wildman–Crippen LogP) is 4.92. The van der Waals surface area contributed by atoms with Crippen LogP contribution >= 0.6 is 27.7 Å². The van der Waals surface area contributed by atoms with Crippen molar-refractivity contribution in [2.45, 2.75) is 51.2 Å². The highest BCUT2D eigenvalue weighted by atomic mass is 79.9. The number of aryl methyl sites for hydroxylation is 2. The molecule has 4 heteroatoms. The first kappa shape index (κ1) is 15.7. The molecule has 1 atom stereocenters. The van der Waals surface area contributed by atoms with Crippen LogP contribution in [0, 0.1) is 13.8 Å². The summed E-state index contributed by atoms with van der Waals surface area (Å²) in [5.74, 6) is 2.50. The summed E-state index contributed by atoms with van der Waals surface area (Å²) in [5.41, 5.74) is 4.03. The van der Waals surface area contributed by atoms with Crippen LogP contribution in [-0.4, -0.2) is 29.8 Å². The van der Waals surface area contributed by atoms with E-state index in [1.807, 2.05) is 0 Å². The Morgan fingerprint density at radius 2 is 2.05 bits per heavy atom. The van der Waals surface area contributed by atoms with Crippen LogP contribution < -0.4 is 5.32 Å². The van der Waals surface area contributed by atoms with E-state index < -0.39 is 0 Å². The summed E-state index contributed by atoms with van der Waals surface area (Å²) >= 11 is 5.78. The van der Waals surface area contributed by atoms with Gasteiger partial charge >= 0.3 is 0 Å². The zero-order valence-electron chi connectivity index (χ0n) is 12.9. The number of rotatable bonds is 2. The lowest BCUT2D eigenvalue weighted by Gasteiger charge is -2.43. The Balaban J connectivity index is 1.73. The van der Waals surface area contributed by atoms with Crippen LogP contribution in [0.2, 0.25) is 0 Å². The van der Waals surface area contributed by atoms with Crippen molar-refractivity contribution in [3.63, 3.8) is 0 Å². The topological polar surface area (TPSA) is 21.3 Å². The van der Waals surface area contributed by atoms with Crippen molar-refractivity contribution in [2.75, 3.05) is 23.4 Å². The lowest BCUT2D eigenvalue weighted by molar-refractivity contribution is -0.0865. The number of ether oxygens (including phenoxy) is 1. The van der Waals surface area contributed by atoms with Gasteiger partial charge in [-0.1, -0.05) is 6.07 Å². The van der Waals surface area contributed by atoms with Crippen LogP contribution in [0.25, 0.3) is 0 Å². The second-order valence-corrected chi connectivity index (χ2v) is 8.50. The summed E-state index contributed by atoms with van der Waals surface area (Å²) in [6.45, 7) is 5.22.